The van der Waals surface area contributed by atoms with E-state index in [1.165, 1.54) is 10.9 Å². The van der Waals surface area contributed by atoms with Crippen LogP contribution in [0.3, 0.4) is 0 Å². The molecular weight excluding hydrogens is 486 g/mol. The molecular formula is C33H47N3O3. The van der Waals surface area contributed by atoms with E-state index in [-0.39, 0.29) is 35.7 Å². The lowest BCUT2D eigenvalue weighted by atomic mass is 9.84. The number of amides is 2. The maximum absolute atomic E-state index is 13.8. The van der Waals surface area contributed by atoms with Crippen molar-refractivity contribution in [3.8, 4) is 5.75 Å². The van der Waals surface area contributed by atoms with E-state index >= 15 is 0 Å². The van der Waals surface area contributed by atoms with Gasteiger partial charge >= 0.3 is 0 Å². The molecule has 1 heterocycles. The summed E-state index contributed by atoms with van der Waals surface area (Å²) in [5.41, 5.74) is 3.47. The largest absolute Gasteiger partial charge is 0.494 e. The minimum absolute atomic E-state index is 0.0331. The topological polar surface area (TPSA) is 65.6 Å². The molecule has 1 atom stereocenters. The van der Waals surface area contributed by atoms with Crippen molar-refractivity contribution >= 4 is 22.7 Å². The number of para-hydroxylation sites is 1. The number of rotatable bonds is 13. The number of nitrogens with one attached hydrogen (secondary N) is 1. The number of carbonyl (C=O) groups excluding carboxylic acids is 2. The Hall–Kier alpha value is -3.28. The van der Waals surface area contributed by atoms with Crippen LogP contribution in [0.5, 0.6) is 5.75 Å². The van der Waals surface area contributed by atoms with E-state index in [1.807, 2.05) is 68.3 Å². The van der Waals surface area contributed by atoms with Gasteiger partial charge in [-0.05, 0) is 74.3 Å². The van der Waals surface area contributed by atoms with Crippen molar-refractivity contribution in [2.24, 2.45) is 11.3 Å². The molecule has 0 saturated heterocycles. The zero-order valence-corrected chi connectivity index (χ0v) is 24.9. The number of ether oxygens (including phenoxy) is 1. The van der Waals surface area contributed by atoms with Gasteiger partial charge in [-0.15, -0.1) is 0 Å². The lowest BCUT2D eigenvalue weighted by molar-refractivity contribution is -0.143. The fourth-order valence-corrected chi connectivity index (χ4v) is 5.30. The monoisotopic (exact) mass is 533 g/mol. The fraction of sp³-hybridized carbons (Fsp3) is 0.515. The van der Waals surface area contributed by atoms with Gasteiger partial charge in [-0.1, -0.05) is 58.0 Å². The van der Waals surface area contributed by atoms with Gasteiger partial charge in [0.1, 0.15) is 5.75 Å². The Balaban J connectivity index is 1.76. The molecule has 0 aliphatic carbocycles. The molecule has 1 aromatic heterocycles. The van der Waals surface area contributed by atoms with Gasteiger partial charge in [0, 0.05) is 42.7 Å². The van der Waals surface area contributed by atoms with E-state index in [1.54, 1.807) is 4.90 Å². The van der Waals surface area contributed by atoms with Crippen LogP contribution in [0.2, 0.25) is 0 Å². The van der Waals surface area contributed by atoms with Crippen LogP contribution in [0, 0.1) is 11.3 Å². The van der Waals surface area contributed by atoms with Crippen LogP contribution in [0.4, 0.5) is 0 Å². The molecule has 0 aliphatic rings. The number of carbonyl (C=O) groups is 2. The summed E-state index contributed by atoms with van der Waals surface area (Å²) in [5.74, 6) is 1.09. The zero-order valence-electron chi connectivity index (χ0n) is 24.9. The Labute approximate surface area is 234 Å². The standard InChI is InChI=1S/C33H47N3O3/c1-8-39-28-15-13-26(14-16-28)22-35(18-17-27-21-34-30-12-10-9-11-29(27)30)32(38)23-36(24(2)3)31(37)19-25(4)20-33(5,6)7/h9-16,21,24-25,34H,8,17-20,22-23H2,1-7H3. The molecule has 0 radical (unpaired) electrons. The van der Waals surface area contributed by atoms with Crippen molar-refractivity contribution in [3.63, 3.8) is 0 Å². The normalized spacial score (nSPS) is 12.5. The summed E-state index contributed by atoms with van der Waals surface area (Å²) >= 11 is 0. The molecule has 3 aromatic rings. The maximum Gasteiger partial charge on any atom is 0.242 e. The van der Waals surface area contributed by atoms with Gasteiger partial charge in [-0.2, -0.15) is 0 Å². The highest BCUT2D eigenvalue weighted by Gasteiger charge is 2.26. The highest BCUT2D eigenvalue weighted by Crippen LogP contribution is 2.27. The third-order valence-corrected chi connectivity index (χ3v) is 7.02. The van der Waals surface area contributed by atoms with Crippen LogP contribution in [0.25, 0.3) is 10.9 Å². The summed E-state index contributed by atoms with van der Waals surface area (Å²) in [6, 6.07) is 16.1. The fourth-order valence-electron chi connectivity index (χ4n) is 5.30. The molecule has 212 valence electrons. The van der Waals surface area contributed by atoms with Crippen molar-refractivity contribution < 1.29 is 14.3 Å². The van der Waals surface area contributed by atoms with Crippen LogP contribution < -0.4 is 4.74 Å². The Morgan fingerprint density at radius 2 is 1.67 bits per heavy atom. The van der Waals surface area contributed by atoms with Crippen LogP contribution in [-0.4, -0.2) is 52.3 Å². The quantitative estimate of drug-likeness (QED) is 0.262. The van der Waals surface area contributed by atoms with E-state index in [0.717, 1.165) is 29.7 Å². The van der Waals surface area contributed by atoms with Gasteiger partial charge in [0.2, 0.25) is 11.8 Å². The van der Waals surface area contributed by atoms with Crippen molar-refractivity contribution in [1.29, 1.82) is 0 Å². The smallest absolute Gasteiger partial charge is 0.242 e. The number of aromatic nitrogens is 1. The van der Waals surface area contributed by atoms with E-state index in [4.69, 9.17) is 4.74 Å². The molecule has 3 rings (SSSR count). The predicted octanol–water partition coefficient (Wildman–Crippen LogP) is 6.84. The SMILES string of the molecule is CCOc1ccc(CN(CCc2c[nH]c3ccccc23)C(=O)CN(C(=O)CC(C)CC(C)(C)C)C(C)C)cc1. The Morgan fingerprint density at radius 1 is 0.974 bits per heavy atom. The van der Waals surface area contributed by atoms with Crippen LogP contribution in [-0.2, 0) is 22.6 Å². The summed E-state index contributed by atoms with van der Waals surface area (Å²) in [6.07, 6.45) is 4.18. The number of nitrogens with zero attached hydrogens (tertiary/aromatic N) is 2. The Kier molecular flexibility index (Phi) is 10.6. The molecule has 0 saturated carbocycles. The molecule has 6 heteroatoms. The number of benzene rings is 2. The number of hydrogen-bond acceptors (Lipinski definition) is 3. The maximum atomic E-state index is 13.8. The first-order valence-corrected chi connectivity index (χ1v) is 14.3. The lowest BCUT2D eigenvalue weighted by Crippen LogP contribution is -2.46. The third-order valence-electron chi connectivity index (χ3n) is 7.02. The predicted molar refractivity (Wildman–Crippen MR) is 160 cm³/mol. The van der Waals surface area contributed by atoms with Crippen molar-refractivity contribution in [2.75, 3.05) is 19.7 Å². The van der Waals surface area contributed by atoms with E-state index in [9.17, 15) is 9.59 Å². The summed E-state index contributed by atoms with van der Waals surface area (Å²) < 4.78 is 5.59. The van der Waals surface area contributed by atoms with E-state index in [2.05, 4.69) is 44.8 Å². The molecule has 0 spiro atoms. The molecule has 0 fully saturated rings. The first-order valence-electron chi connectivity index (χ1n) is 14.3. The number of hydrogen-bond donors (Lipinski definition) is 1. The van der Waals surface area contributed by atoms with Crippen LogP contribution in [0.1, 0.15) is 72.4 Å². The van der Waals surface area contributed by atoms with Gasteiger partial charge in [0.25, 0.3) is 0 Å². The van der Waals surface area contributed by atoms with E-state index < -0.39 is 0 Å². The number of H-pyrrole nitrogens is 1. The molecule has 0 aliphatic heterocycles. The summed E-state index contributed by atoms with van der Waals surface area (Å²) in [6.45, 7) is 16.4. The molecule has 2 amide bonds. The average Bonchev–Trinajstić information content (AvgIpc) is 3.27. The lowest BCUT2D eigenvalue weighted by Gasteiger charge is -2.32. The zero-order chi connectivity index (χ0) is 28.6. The van der Waals surface area contributed by atoms with Crippen molar-refractivity contribution in [3.05, 3.63) is 65.9 Å². The van der Waals surface area contributed by atoms with Crippen LogP contribution >= 0.6 is 0 Å². The van der Waals surface area contributed by atoms with Gasteiger partial charge in [0.15, 0.2) is 0 Å². The van der Waals surface area contributed by atoms with Gasteiger partial charge in [0.05, 0.1) is 13.2 Å². The third kappa shape index (κ3) is 9.15. The first kappa shape index (κ1) is 30.3. The average molecular weight is 534 g/mol. The van der Waals surface area contributed by atoms with Crippen LogP contribution in [0.15, 0.2) is 54.7 Å². The Morgan fingerprint density at radius 3 is 2.31 bits per heavy atom. The molecule has 1 N–H and O–H groups in total. The second-order valence-electron chi connectivity index (χ2n) is 12.2. The first-order chi connectivity index (χ1) is 18.5. The Bertz CT molecular complexity index is 1210. The second-order valence-corrected chi connectivity index (χ2v) is 12.2. The molecule has 6 nitrogen and oxygen atoms in total. The number of fused-ring (bicyclic) bond motifs is 1. The van der Waals surface area contributed by atoms with E-state index in [0.29, 0.717) is 26.1 Å². The summed E-state index contributed by atoms with van der Waals surface area (Å²) in [5, 5.41) is 1.18. The second kappa shape index (κ2) is 13.7. The summed E-state index contributed by atoms with van der Waals surface area (Å²) in [4.78, 5) is 34.1. The minimum Gasteiger partial charge on any atom is -0.494 e. The summed E-state index contributed by atoms with van der Waals surface area (Å²) in [7, 11) is 0. The molecule has 39 heavy (non-hydrogen) atoms. The van der Waals surface area contributed by atoms with Crippen molar-refractivity contribution in [1.82, 2.24) is 14.8 Å². The highest BCUT2D eigenvalue weighted by molar-refractivity contribution is 5.85. The number of aromatic amines is 1. The molecule has 0 bridgehead atoms. The van der Waals surface area contributed by atoms with Crippen molar-refractivity contribution in [2.45, 2.75) is 80.3 Å². The minimum atomic E-state index is -0.0516. The van der Waals surface area contributed by atoms with Gasteiger partial charge < -0.3 is 19.5 Å². The highest BCUT2D eigenvalue weighted by atomic mass is 16.5. The molecule has 1 unspecified atom stereocenters. The van der Waals surface area contributed by atoms with Gasteiger partial charge in [-0.25, -0.2) is 0 Å². The molecule has 2 aromatic carbocycles. The van der Waals surface area contributed by atoms with Gasteiger partial charge in [-0.3, -0.25) is 9.59 Å².